The molecule has 2 aliphatic carbocycles. The molecular weight excluding hydrogens is 397 g/mol. The second-order valence-corrected chi connectivity index (χ2v) is 9.58. The number of rotatable bonds is 2. The van der Waals surface area contributed by atoms with Crippen molar-refractivity contribution in [1.82, 2.24) is 9.78 Å². The number of carbonyl (C=O) groups excluding carboxylic acids is 1. The van der Waals surface area contributed by atoms with Crippen LogP contribution in [0.4, 0.5) is 14.9 Å². The van der Waals surface area contributed by atoms with E-state index < -0.39 is 15.9 Å². The summed E-state index contributed by atoms with van der Waals surface area (Å²) in [5.41, 5.74) is 3.66. The van der Waals surface area contributed by atoms with E-state index in [1.54, 1.807) is 4.68 Å². The van der Waals surface area contributed by atoms with Crippen molar-refractivity contribution >= 4 is 21.6 Å². The monoisotopic (exact) mass is 419 g/mol. The van der Waals surface area contributed by atoms with Gasteiger partial charge in [0.15, 0.2) is 9.92 Å². The molecule has 1 aromatic carbocycles. The highest BCUT2D eigenvalue weighted by Gasteiger charge is 2.31. The highest BCUT2D eigenvalue weighted by Crippen LogP contribution is 2.41. The van der Waals surface area contributed by atoms with E-state index in [9.17, 15) is 13.4 Å². The topological polar surface area (TPSA) is 112 Å². The Morgan fingerprint density at radius 2 is 1.90 bits per heavy atom. The average Bonchev–Trinajstić information content (AvgIpc) is 3.40. The van der Waals surface area contributed by atoms with E-state index in [4.69, 9.17) is 9.88 Å². The van der Waals surface area contributed by atoms with Crippen LogP contribution in [0.25, 0.3) is 0 Å². The fraction of sp³-hybridized carbons (Fsp3) is 0.474. The Kier molecular flexibility index (Phi) is 4.18. The second kappa shape index (κ2) is 6.53. The summed E-state index contributed by atoms with van der Waals surface area (Å²) in [5, 5.41) is 12.8. The highest BCUT2D eigenvalue weighted by atomic mass is 32.2. The number of hydrogen-bond acceptors (Lipinski definition) is 4. The van der Waals surface area contributed by atoms with Crippen LogP contribution in [0.15, 0.2) is 15.5 Å². The van der Waals surface area contributed by atoms with Gasteiger partial charge >= 0.3 is 6.03 Å². The molecule has 2 aromatic rings. The zero-order valence-electron chi connectivity index (χ0n) is 16.0. The van der Waals surface area contributed by atoms with Crippen molar-refractivity contribution in [1.29, 1.82) is 0 Å². The van der Waals surface area contributed by atoms with Crippen molar-refractivity contribution in [2.45, 2.75) is 63.0 Å². The Bertz CT molecular complexity index is 1130. The number of ether oxygens (including phenoxy) is 1. The van der Waals surface area contributed by atoms with Gasteiger partial charge < -0.3 is 10.1 Å². The maximum absolute atomic E-state index is 14.8. The van der Waals surface area contributed by atoms with Crippen molar-refractivity contribution in [3.05, 3.63) is 34.3 Å². The Morgan fingerprint density at radius 1 is 1.28 bits per heavy atom. The predicted molar refractivity (Wildman–Crippen MR) is 105 cm³/mol. The van der Waals surface area contributed by atoms with Crippen molar-refractivity contribution < 1.29 is 18.1 Å². The number of nitrogens with zero attached hydrogens (tertiary/aromatic N) is 3. The van der Waals surface area contributed by atoms with Crippen LogP contribution in [-0.4, -0.2) is 26.1 Å². The summed E-state index contributed by atoms with van der Waals surface area (Å²) < 4.78 is 38.7. The Balaban J connectivity index is 1.50. The number of halogens is 1. The number of nitrogens with one attached hydrogen (secondary N) is 1. The van der Waals surface area contributed by atoms with Gasteiger partial charge in [0.25, 0.3) is 0 Å². The molecule has 0 saturated carbocycles. The van der Waals surface area contributed by atoms with Crippen molar-refractivity contribution in [3.8, 4) is 5.88 Å². The summed E-state index contributed by atoms with van der Waals surface area (Å²) in [7, 11) is -3.54. The summed E-state index contributed by atoms with van der Waals surface area (Å²) in [6, 6.07) is -0.807. The Hall–Kier alpha value is -2.46. The minimum Gasteiger partial charge on any atom is -0.472 e. The Morgan fingerprint density at radius 3 is 2.55 bits per heavy atom. The molecule has 0 bridgehead atoms. The lowest BCUT2D eigenvalue weighted by Gasteiger charge is -2.16. The molecule has 3 N–H and O–H groups in total. The first-order valence-corrected chi connectivity index (χ1v) is 11.4. The molecule has 2 heterocycles. The molecule has 1 aliphatic heterocycles. The van der Waals surface area contributed by atoms with Gasteiger partial charge in [-0.15, -0.1) is 4.36 Å². The third-order valence-electron chi connectivity index (χ3n) is 5.84. The van der Waals surface area contributed by atoms with Crippen LogP contribution in [0, 0.1) is 5.82 Å². The van der Waals surface area contributed by atoms with Gasteiger partial charge in [0.2, 0.25) is 5.88 Å². The molecule has 1 unspecified atom stereocenters. The molecule has 5 rings (SSSR count). The SMILES string of the molecule is C[C@H]1Cn2ncc(S(N)(=O)=NC(=O)Nc3c4c(c(F)c5c3CCC5)CCC4)c2O1. The molecule has 10 heteroatoms. The van der Waals surface area contributed by atoms with Gasteiger partial charge in [-0.05, 0) is 67.7 Å². The molecule has 0 saturated heterocycles. The van der Waals surface area contributed by atoms with Crippen molar-refractivity contribution in [2.75, 3.05) is 5.32 Å². The molecule has 1 aromatic heterocycles. The number of fused-ring (bicyclic) bond motifs is 3. The third kappa shape index (κ3) is 2.93. The van der Waals surface area contributed by atoms with Gasteiger partial charge in [-0.25, -0.2) is 23.2 Å². The lowest BCUT2D eigenvalue weighted by Crippen LogP contribution is -2.19. The van der Waals surface area contributed by atoms with Gasteiger partial charge in [0, 0.05) is 5.69 Å². The van der Waals surface area contributed by atoms with E-state index in [1.165, 1.54) is 6.20 Å². The van der Waals surface area contributed by atoms with E-state index in [2.05, 4.69) is 14.8 Å². The lowest BCUT2D eigenvalue weighted by molar-refractivity contribution is 0.248. The number of amides is 2. The summed E-state index contributed by atoms with van der Waals surface area (Å²) in [6.07, 6.45) is 5.65. The van der Waals surface area contributed by atoms with E-state index in [1.807, 2.05) is 6.92 Å². The standard InChI is InChI=1S/C19H22FN5O3S/c1-10-9-25-18(28-10)15(8-22-25)29(21,27)24-19(26)23-17-13-6-2-4-11(13)16(20)12-5-3-7-14(12)17/h8,10H,2-7,9H2,1H3,(H3,21,23,24,26,27)/t10-,29?/m0/s1. The molecular formula is C19H22FN5O3S. The van der Waals surface area contributed by atoms with Gasteiger partial charge in [-0.2, -0.15) is 5.10 Å². The maximum atomic E-state index is 14.8. The minimum absolute atomic E-state index is 0.103. The zero-order valence-corrected chi connectivity index (χ0v) is 16.9. The van der Waals surface area contributed by atoms with E-state index in [0.717, 1.165) is 24.0 Å². The minimum atomic E-state index is -3.54. The fourth-order valence-electron chi connectivity index (χ4n) is 4.62. The van der Waals surface area contributed by atoms with E-state index in [-0.39, 0.29) is 22.7 Å². The maximum Gasteiger partial charge on any atom is 0.354 e. The summed E-state index contributed by atoms with van der Waals surface area (Å²) in [4.78, 5) is 12.8. The molecule has 29 heavy (non-hydrogen) atoms. The predicted octanol–water partition coefficient (Wildman–Crippen LogP) is 2.71. The first-order valence-electron chi connectivity index (χ1n) is 9.78. The molecule has 3 aliphatic rings. The second-order valence-electron chi connectivity index (χ2n) is 7.82. The summed E-state index contributed by atoms with van der Waals surface area (Å²) >= 11 is 0. The summed E-state index contributed by atoms with van der Waals surface area (Å²) in [6.45, 7) is 2.38. The fourth-order valence-corrected chi connectivity index (χ4v) is 5.61. The number of urea groups is 1. The quantitative estimate of drug-likeness (QED) is 0.779. The molecule has 8 nitrogen and oxygen atoms in total. The molecule has 0 fully saturated rings. The van der Waals surface area contributed by atoms with Crippen LogP contribution < -0.4 is 15.2 Å². The van der Waals surface area contributed by atoms with Crippen molar-refractivity contribution in [3.63, 3.8) is 0 Å². The van der Waals surface area contributed by atoms with Crippen LogP contribution in [0.3, 0.4) is 0 Å². The average molecular weight is 419 g/mol. The lowest BCUT2D eigenvalue weighted by atomic mass is 9.98. The molecule has 0 radical (unpaired) electrons. The highest BCUT2D eigenvalue weighted by molar-refractivity contribution is 7.91. The molecule has 154 valence electrons. The number of aromatic nitrogens is 2. The number of nitrogens with two attached hydrogens (primary N) is 1. The van der Waals surface area contributed by atoms with E-state index >= 15 is 0 Å². The molecule has 2 atom stereocenters. The van der Waals surface area contributed by atoms with Crippen LogP contribution >= 0.6 is 0 Å². The number of benzene rings is 1. The van der Waals surface area contributed by atoms with Gasteiger partial charge in [-0.3, -0.25) is 0 Å². The first-order chi connectivity index (χ1) is 13.8. The van der Waals surface area contributed by atoms with Gasteiger partial charge in [-0.1, -0.05) is 0 Å². The van der Waals surface area contributed by atoms with Crippen LogP contribution in [0.2, 0.25) is 0 Å². The zero-order chi connectivity index (χ0) is 20.3. The number of anilines is 1. The number of carbonyl (C=O) groups is 1. The molecule has 2 amide bonds. The molecule has 0 spiro atoms. The van der Waals surface area contributed by atoms with Crippen molar-refractivity contribution in [2.24, 2.45) is 9.50 Å². The van der Waals surface area contributed by atoms with E-state index in [0.29, 0.717) is 49.0 Å². The first kappa shape index (κ1) is 18.6. The third-order valence-corrected chi connectivity index (χ3v) is 7.18. The van der Waals surface area contributed by atoms with Crippen LogP contribution in [-0.2, 0) is 42.1 Å². The normalized spacial score (nSPS) is 21.1. The Labute approximate surface area is 167 Å². The largest absolute Gasteiger partial charge is 0.472 e. The van der Waals surface area contributed by atoms with Crippen LogP contribution in [0.5, 0.6) is 5.88 Å². The number of hydrogen-bond donors (Lipinski definition) is 2. The summed E-state index contributed by atoms with van der Waals surface area (Å²) in [5.74, 6) is 0.161. The smallest absolute Gasteiger partial charge is 0.354 e. The van der Waals surface area contributed by atoms with Crippen LogP contribution in [0.1, 0.15) is 42.0 Å². The van der Waals surface area contributed by atoms with Gasteiger partial charge in [0.1, 0.15) is 16.8 Å². The van der Waals surface area contributed by atoms with Gasteiger partial charge in [0.05, 0.1) is 12.7 Å².